The van der Waals surface area contributed by atoms with Crippen LogP contribution in [0.3, 0.4) is 0 Å². The molecule has 1 aliphatic rings. The highest BCUT2D eigenvalue weighted by atomic mass is 16.5. The number of amides is 1. The molecule has 5 nitrogen and oxygen atoms in total. The van der Waals surface area contributed by atoms with Gasteiger partial charge in [0, 0.05) is 19.1 Å². The van der Waals surface area contributed by atoms with Crippen LogP contribution in [0, 0.1) is 0 Å². The molecule has 1 rings (SSSR count). The van der Waals surface area contributed by atoms with E-state index in [9.17, 15) is 4.79 Å². The minimum absolute atomic E-state index is 0.0933. The second-order valence-corrected chi connectivity index (χ2v) is 4.86. The van der Waals surface area contributed by atoms with Crippen molar-refractivity contribution in [1.82, 2.24) is 15.5 Å². The molecule has 0 spiro atoms. The average Bonchev–Trinajstić information content (AvgIpc) is 2.39. The second-order valence-electron chi connectivity index (χ2n) is 4.86. The summed E-state index contributed by atoms with van der Waals surface area (Å²) in [7, 11) is 0. The Morgan fingerprint density at radius 3 is 2.78 bits per heavy atom. The van der Waals surface area contributed by atoms with E-state index < -0.39 is 0 Å². The summed E-state index contributed by atoms with van der Waals surface area (Å²) in [5.74, 6) is 0.0933. The molecule has 2 N–H and O–H groups in total. The highest BCUT2D eigenvalue weighted by molar-refractivity contribution is 5.78. The first kappa shape index (κ1) is 15.4. The van der Waals surface area contributed by atoms with Gasteiger partial charge in [-0.15, -0.1) is 0 Å². The Morgan fingerprint density at radius 1 is 1.39 bits per heavy atom. The SMILES string of the molecule is CCC(C)NC(=O)CNCCCN1CCOCC1. The molecule has 5 heteroatoms. The lowest BCUT2D eigenvalue weighted by Gasteiger charge is -2.26. The van der Waals surface area contributed by atoms with Crippen molar-refractivity contribution >= 4 is 5.91 Å². The third-order valence-electron chi connectivity index (χ3n) is 3.24. The molecule has 1 saturated heterocycles. The van der Waals surface area contributed by atoms with Gasteiger partial charge in [0.05, 0.1) is 19.8 Å². The predicted octanol–water partition coefficient (Wildman–Crippen LogP) is 0.213. The maximum absolute atomic E-state index is 11.5. The number of carbonyl (C=O) groups is 1. The molecule has 1 amide bonds. The number of nitrogens with zero attached hydrogens (tertiary/aromatic N) is 1. The van der Waals surface area contributed by atoms with Crippen LogP contribution in [-0.2, 0) is 9.53 Å². The average molecular weight is 257 g/mol. The smallest absolute Gasteiger partial charge is 0.234 e. The van der Waals surface area contributed by atoms with Crippen LogP contribution in [-0.4, -0.2) is 62.8 Å². The van der Waals surface area contributed by atoms with Gasteiger partial charge in [0.1, 0.15) is 0 Å². The van der Waals surface area contributed by atoms with Crippen LogP contribution in [0.25, 0.3) is 0 Å². The van der Waals surface area contributed by atoms with Gasteiger partial charge in [0.15, 0.2) is 0 Å². The first-order valence-electron chi connectivity index (χ1n) is 7.02. The molecular formula is C13H27N3O2. The Kier molecular flexibility index (Phi) is 7.96. The van der Waals surface area contributed by atoms with E-state index in [1.54, 1.807) is 0 Å². The van der Waals surface area contributed by atoms with Gasteiger partial charge in [-0.05, 0) is 32.9 Å². The Morgan fingerprint density at radius 2 is 2.11 bits per heavy atom. The van der Waals surface area contributed by atoms with Gasteiger partial charge in [-0.2, -0.15) is 0 Å². The molecule has 0 aromatic rings. The highest BCUT2D eigenvalue weighted by Gasteiger charge is 2.09. The first-order chi connectivity index (χ1) is 8.72. The molecule has 1 fully saturated rings. The molecule has 1 heterocycles. The molecule has 0 aromatic carbocycles. The number of hydrogen-bond acceptors (Lipinski definition) is 4. The van der Waals surface area contributed by atoms with Gasteiger partial charge in [-0.3, -0.25) is 9.69 Å². The van der Waals surface area contributed by atoms with Crippen LogP contribution in [0.15, 0.2) is 0 Å². The molecule has 1 atom stereocenters. The normalized spacial score (nSPS) is 18.6. The molecule has 1 aliphatic heterocycles. The van der Waals surface area contributed by atoms with Crippen LogP contribution in [0.4, 0.5) is 0 Å². The minimum Gasteiger partial charge on any atom is -0.379 e. The summed E-state index contributed by atoms with van der Waals surface area (Å²) in [6.07, 6.45) is 2.05. The van der Waals surface area contributed by atoms with Gasteiger partial charge in [0.25, 0.3) is 0 Å². The number of rotatable bonds is 8. The van der Waals surface area contributed by atoms with Crippen molar-refractivity contribution in [3.05, 3.63) is 0 Å². The Labute approximate surface area is 110 Å². The second kappa shape index (κ2) is 9.30. The fourth-order valence-electron chi connectivity index (χ4n) is 1.88. The topological polar surface area (TPSA) is 53.6 Å². The molecule has 0 saturated carbocycles. The van der Waals surface area contributed by atoms with E-state index in [2.05, 4.69) is 22.5 Å². The number of nitrogens with one attached hydrogen (secondary N) is 2. The van der Waals surface area contributed by atoms with Gasteiger partial charge in [0.2, 0.25) is 5.91 Å². The van der Waals surface area contributed by atoms with Crippen LogP contribution in [0.1, 0.15) is 26.7 Å². The number of morpholine rings is 1. The molecule has 0 bridgehead atoms. The first-order valence-corrected chi connectivity index (χ1v) is 7.02. The minimum atomic E-state index is 0.0933. The molecule has 0 aromatic heterocycles. The molecule has 1 unspecified atom stereocenters. The molecule has 0 aliphatic carbocycles. The van der Waals surface area contributed by atoms with Gasteiger partial charge >= 0.3 is 0 Å². The molecular weight excluding hydrogens is 230 g/mol. The zero-order chi connectivity index (χ0) is 13.2. The molecule has 106 valence electrons. The lowest BCUT2D eigenvalue weighted by atomic mass is 10.2. The third kappa shape index (κ3) is 6.93. The van der Waals surface area contributed by atoms with Crippen molar-refractivity contribution in [3.63, 3.8) is 0 Å². The van der Waals surface area contributed by atoms with E-state index in [4.69, 9.17) is 4.74 Å². The highest BCUT2D eigenvalue weighted by Crippen LogP contribution is 1.97. The predicted molar refractivity (Wildman–Crippen MR) is 72.6 cm³/mol. The maximum Gasteiger partial charge on any atom is 0.234 e. The summed E-state index contributed by atoms with van der Waals surface area (Å²) >= 11 is 0. The van der Waals surface area contributed by atoms with E-state index in [0.717, 1.165) is 52.2 Å². The van der Waals surface area contributed by atoms with Gasteiger partial charge < -0.3 is 15.4 Å². The van der Waals surface area contributed by atoms with Crippen molar-refractivity contribution < 1.29 is 9.53 Å². The van der Waals surface area contributed by atoms with Crippen molar-refractivity contribution in [3.8, 4) is 0 Å². The summed E-state index contributed by atoms with van der Waals surface area (Å²) in [6.45, 7) is 10.3. The lowest BCUT2D eigenvalue weighted by Crippen LogP contribution is -2.40. The fraction of sp³-hybridized carbons (Fsp3) is 0.923. The summed E-state index contributed by atoms with van der Waals surface area (Å²) in [4.78, 5) is 13.9. The van der Waals surface area contributed by atoms with Crippen molar-refractivity contribution in [2.45, 2.75) is 32.7 Å². The van der Waals surface area contributed by atoms with E-state index >= 15 is 0 Å². The monoisotopic (exact) mass is 257 g/mol. The molecule has 18 heavy (non-hydrogen) atoms. The van der Waals surface area contributed by atoms with E-state index in [0.29, 0.717) is 6.54 Å². The third-order valence-corrected chi connectivity index (χ3v) is 3.24. The van der Waals surface area contributed by atoms with E-state index in [1.807, 2.05) is 6.92 Å². The van der Waals surface area contributed by atoms with Crippen molar-refractivity contribution in [1.29, 1.82) is 0 Å². The number of hydrogen-bond donors (Lipinski definition) is 2. The summed E-state index contributed by atoms with van der Waals surface area (Å²) in [6, 6.07) is 0.271. The van der Waals surface area contributed by atoms with Crippen molar-refractivity contribution in [2.24, 2.45) is 0 Å². The Hall–Kier alpha value is -0.650. The largest absolute Gasteiger partial charge is 0.379 e. The standard InChI is InChI=1S/C13H27N3O2/c1-3-12(2)15-13(17)11-14-5-4-6-16-7-9-18-10-8-16/h12,14H,3-11H2,1-2H3,(H,15,17). The van der Waals surface area contributed by atoms with Crippen LogP contribution >= 0.6 is 0 Å². The van der Waals surface area contributed by atoms with Crippen LogP contribution in [0.2, 0.25) is 0 Å². The van der Waals surface area contributed by atoms with Gasteiger partial charge in [-0.25, -0.2) is 0 Å². The van der Waals surface area contributed by atoms with Gasteiger partial charge in [-0.1, -0.05) is 6.92 Å². The Bertz CT molecular complexity index is 230. The summed E-state index contributed by atoms with van der Waals surface area (Å²) in [5, 5.41) is 6.13. The lowest BCUT2D eigenvalue weighted by molar-refractivity contribution is -0.120. The fourth-order valence-corrected chi connectivity index (χ4v) is 1.88. The van der Waals surface area contributed by atoms with Crippen LogP contribution in [0.5, 0.6) is 0 Å². The van der Waals surface area contributed by atoms with E-state index in [-0.39, 0.29) is 11.9 Å². The summed E-state index contributed by atoms with van der Waals surface area (Å²) in [5.41, 5.74) is 0. The summed E-state index contributed by atoms with van der Waals surface area (Å²) < 4.78 is 5.30. The maximum atomic E-state index is 11.5. The van der Waals surface area contributed by atoms with Crippen LogP contribution < -0.4 is 10.6 Å². The Balaban J connectivity index is 1.92. The molecule has 0 radical (unpaired) electrons. The number of ether oxygens (including phenoxy) is 1. The zero-order valence-electron chi connectivity index (χ0n) is 11.7. The van der Waals surface area contributed by atoms with Crippen molar-refractivity contribution in [2.75, 3.05) is 45.9 Å². The quantitative estimate of drug-likeness (QED) is 0.611. The van der Waals surface area contributed by atoms with E-state index in [1.165, 1.54) is 0 Å². The zero-order valence-corrected chi connectivity index (χ0v) is 11.7. The number of carbonyl (C=O) groups excluding carboxylic acids is 1.